The van der Waals surface area contributed by atoms with Gasteiger partial charge in [0.05, 0.1) is 14.2 Å². The summed E-state index contributed by atoms with van der Waals surface area (Å²) in [5, 5.41) is 15.5. The lowest BCUT2D eigenvalue weighted by molar-refractivity contribution is 0.0934. The van der Waals surface area contributed by atoms with Crippen LogP contribution < -0.4 is 26.1 Å². The molecule has 1 amide bonds. The number of hydrazine groups is 1. The Labute approximate surface area is 200 Å². The lowest BCUT2D eigenvalue weighted by Crippen LogP contribution is -2.36. The number of nitrogens with two attached hydrogens (primary N) is 1. The zero-order valence-electron chi connectivity index (χ0n) is 19.3. The molecule has 2 aromatic carbocycles. The molecule has 0 aliphatic heterocycles. The Morgan fingerprint density at radius 2 is 1.86 bits per heavy atom. The van der Waals surface area contributed by atoms with Gasteiger partial charge in [-0.2, -0.15) is 4.68 Å². The molecule has 4 aromatic rings. The third-order valence-electron chi connectivity index (χ3n) is 5.10. The van der Waals surface area contributed by atoms with Gasteiger partial charge in [0.2, 0.25) is 11.6 Å². The minimum absolute atomic E-state index is 0.00133. The highest BCUT2D eigenvalue weighted by Gasteiger charge is 2.25. The van der Waals surface area contributed by atoms with E-state index in [9.17, 15) is 4.79 Å². The molecule has 0 unspecified atom stereocenters. The van der Waals surface area contributed by atoms with Gasteiger partial charge in [-0.25, -0.2) is 4.63 Å². The number of allylic oxidation sites excluding steroid dienone is 2. The maximum Gasteiger partial charge on any atom is 0.292 e. The van der Waals surface area contributed by atoms with E-state index >= 15 is 0 Å². The van der Waals surface area contributed by atoms with Crippen LogP contribution in [-0.4, -0.2) is 45.4 Å². The first kappa shape index (κ1) is 23.3. The summed E-state index contributed by atoms with van der Waals surface area (Å²) >= 11 is 0. The van der Waals surface area contributed by atoms with E-state index < -0.39 is 5.91 Å². The summed E-state index contributed by atoms with van der Waals surface area (Å²) in [5.41, 5.74) is 14.2. The topological polar surface area (TPSA) is 155 Å². The lowest BCUT2D eigenvalue weighted by Gasteiger charge is -2.10. The third-order valence-corrected chi connectivity index (χ3v) is 5.10. The number of ether oxygens (including phenoxy) is 2. The molecule has 0 spiro atoms. The van der Waals surface area contributed by atoms with Crippen LogP contribution in [-0.2, 0) is 6.42 Å². The number of hydrogen-bond acceptors (Lipinski definition) is 10. The van der Waals surface area contributed by atoms with Crippen molar-refractivity contribution in [3.8, 4) is 28.6 Å². The molecule has 2 heterocycles. The maximum atomic E-state index is 13.1. The van der Waals surface area contributed by atoms with Crippen LogP contribution in [0.5, 0.6) is 11.5 Å². The van der Waals surface area contributed by atoms with Gasteiger partial charge in [0, 0.05) is 11.3 Å². The van der Waals surface area contributed by atoms with Crippen LogP contribution in [0.4, 0.5) is 5.82 Å². The highest BCUT2D eigenvalue weighted by Crippen LogP contribution is 2.28. The van der Waals surface area contributed by atoms with Crippen LogP contribution in [0.2, 0.25) is 0 Å². The van der Waals surface area contributed by atoms with E-state index in [4.69, 9.17) is 19.8 Å². The number of amides is 1. The first-order chi connectivity index (χ1) is 17.0. The van der Waals surface area contributed by atoms with Gasteiger partial charge in [-0.3, -0.25) is 10.2 Å². The van der Waals surface area contributed by atoms with Gasteiger partial charge >= 0.3 is 0 Å². The van der Waals surface area contributed by atoms with Gasteiger partial charge in [-0.15, -0.1) is 5.10 Å². The summed E-state index contributed by atoms with van der Waals surface area (Å²) in [6.07, 6.45) is 2.62. The Hall–Kier alpha value is -4.87. The second-order valence-electron chi connectivity index (χ2n) is 7.42. The van der Waals surface area contributed by atoms with Crippen molar-refractivity contribution >= 4 is 11.7 Å². The molecule has 12 heteroatoms. The van der Waals surface area contributed by atoms with E-state index in [0.29, 0.717) is 23.4 Å². The fraction of sp³-hybridized carbons (Fsp3) is 0.174. The van der Waals surface area contributed by atoms with Gasteiger partial charge in [-0.05, 0) is 53.5 Å². The largest absolute Gasteiger partial charge is 0.497 e. The van der Waals surface area contributed by atoms with Crippen molar-refractivity contribution in [1.29, 1.82) is 0 Å². The zero-order valence-corrected chi connectivity index (χ0v) is 19.3. The number of benzene rings is 2. The number of aromatic nitrogens is 5. The number of nitrogens with one attached hydrogen (secondary N) is 2. The van der Waals surface area contributed by atoms with E-state index in [-0.39, 0.29) is 17.3 Å². The molecule has 0 saturated carbocycles. The second kappa shape index (κ2) is 10.4. The van der Waals surface area contributed by atoms with Crippen LogP contribution >= 0.6 is 0 Å². The molecule has 12 nitrogen and oxygen atoms in total. The Morgan fingerprint density at radius 1 is 1.09 bits per heavy atom. The lowest BCUT2D eigenvalue weighted by atomic mass is 10.1. The number of nitrogen functional groups attached to an aromatic ring is 1. The molecule has 0 radical (unpaired) electrons. The average molecular weight is 476 g/mol. The van der Waals surface area contributed by atoms with Gasteiger partial charge in [0.25, 0.3) is 5.91 Å². The molecule has 4 rings (SSSR count). The quantitative estimate of drug-likeness (QED) is 0.306. The van der Waals surface area contributed by atoms with Crippen LogP contribution in [0.1, 0.15) is 23.0 Å². The number of nitrogens with zero attached hydrogens (tertiary/aromatic N) is 5. The van der Waals surface area contributed by atoms with Crippen molar-refractivity contribution < 1.29 is 18.9 Å². The number of methoxy groups -OCH3 is 2. The molecule has 0 aliphatic rings. The van der Waals surface area contributed by atoms with Crippen molar-refractivity contribution in [2.24, 2.45) is 0 Å². The summed E-state index contributed by atoms with van der Waals surface area (Å²) < 4.78 is 16.5. The third kappa shape index (κ3) is 5.21. The molecule has 2 aromatic heterocycles. The number of carbonyl (C=O) groups is 1. The van der Waals surface area contributed by atoms with Crippen molar-refractivity contribution in [3.63, 3.8) is 0 Å². The average Bonchev–Trinajstić information content (AvgIpc) is 3.52. The Balaban J connectivity index is 1.55. The minimum atomic E-state index is -0.513. The van der Waals surface area contributed by atoms with Crippen molar-refractivity contribution in [1.82, 2.24) is 36.2 Å². The Morgan fingerprint density at radius 3 is 2.54 bits per heavy atom. The predicted molar refractivity (Wildman–Crippen MR) is 127 cm³/mol. The standard InChI is InChI=1S/C23H24N8O4/c1-14(7-8-15-9-11-17(33-2)12-10-15)25-27-23(32)19-20(16-5-4-6-18(13-16)34-3)31(30-26-19)22-21(24)28-35-29-22/h4-7,9-13,25H,8H2,1-3H3,(H2,24,28)(H,27,32)/b14-7-. The minimum Gasteiger partial charge on any atom is -0.497 e. The molecular weight excluding hydrogens is 452 g/mol. The van der Waals surface area contributed by atoms with Crippen LogP contribution in [0.15, 0.2) is 64.9 Å². The smallest absolute Gasteiger partial charge is 0.292 e. The maximum absolute atomic E-state index is 13.1. The van der Waals surface area contributed by atoms with E-state index in [2.05, 4.69) is 31.5 Å². The van der Waals surface area contributed by atoms with Crippen molar-refractivity contribution in [2.45, 2.75) is 13.3 Å². The summed E-state index contributed by atoms with van der Waals surface area (Å²) in [7, 11) is 3.17. The Bertz CT molecular complexity index is 1340. The van der Waals surface area contributed by atoms with Gasteiger partial charge < -0.3 is 20.6 Å². The molecule has 0 fully saturated rings. The van der Waals surface area contributed by atoms with E-state index in [1.165, 1.54) is 4.68 Å². The van der Waals surface area contributed by atoms with Crippen LogP contribution in [0.3, 0.4) is 0 Å². The molecule has 0 aliphatic carbocycles. The molecule has 35 heavy (non-hydrogen) atoms. The van der Waals surface area contributed by atoms with E-state index in [1.54, 1.807) is 38.5 Å². The first-order valence-corrected chi connectivity index (χ1v) is 10.5. The van der Waals surface area contributed by atoms with Crippen LogP contribution in [0, 0.1) is 0 Å². The molecule has 0 saturated heterocycles. The summed E-state index contributed by atoms with van der Waals surface area (Å²) in [5.74, 6) is 0.979. The second-order valence-corrected chi connectivity index (χ2v) is 7.42. The fourth-order valence-corrected chi connectivity index (χ4v) is 3.25. The van der Waals surface area contributed by atoms with Crippen molar-refractivity contribution in [2.75, 3.05) is 20.0 Å². The predicted octanol–water partition coefficient (Wildman–Crippen LogP) is 2.30. The van der Waals surface area contributed by atoms with Gasteiger partial charge in [-0.1, -0.05) is 35.6 Å². The number of rotatable bonds is 9. The monoisotopic (exact) mass is 476 g/mol. The first-order valence-electron chi connectivity index (χ1n) is 10.5. The molecular formula is C23H24N8O4. The van der Waals surface area contributed by atoms with E-state index in [0.717, 1.165) is 17.0 Å². The van der Waals surface area contributed by atoms with E-state index in [1.807, 2.05) is 37.3 Å². The molecule has 180 valence electrons. The van der Waals surface area contributed by atoms with Gasteiger partial charge in [0.15, 0.2) is 5.69 Å². The summed E-state index contributed by atoms with van der Waals surface area (Å²) in [6, 6.07) is 14.8. The van der Waals surface area contributed by atoms with Gasteiger partial charge in [0.1, 0.15) is 17.2 Å². The summed E-state index contributed by atoms with van der Waals surface area (Å²) in [4.78, 5) is 13.1. The molecule has 4 N–H and O–H groups in total. The highest BCUT2D eigenvalue weighted by atomic mass is 16.6. The molecule has 0 bridgehead atoms. The number of anilines is 1. The number of hydrogen-bond donors (Lipinski definition) is 3. The normalized spacial score (nSPS) is 11.2. The molecule has 0 atom stereocenters. The fourth-order valence-electron chi connectivity index (χ4n) is 3.25. The summed E-state index contributed by atoms with van der Waals surface area (Å²) in [6.45, 7) is 1.84. The zero-order chi connectivity index (χ0) is 24.8. The number of carbonyl (C=O) groups excluding carboxylic acids is 1. The Kier molecular flexibility index (Phi) is 6.91. The van der Waals surface area contributed by atoms with Crippen molar-refractivity contribution in [3.05, 3.63) is 71.6 Å². The van der Waals surface area contributed by atoms with Crippen LogP contribution in [0.25, 0.3) is 17.1 Å². The highest BCUT2D eigenvalue weighted by molar-refractivity contribution is 5.98. The SMILES string of the molecule is COc1ccc(C/C=C(/C)NNC(=O)c2nnn(-c3nonc3N)c2-c2cccc(OC)c2)cc1.